The molecule has 0 amide bonds. The van der Waals surface area contributed by atoms with Gasteiger partial charge in [0.1, 0.15) is 5.79 Å². The normalized spacial score (nSPS) is 15.7. The Balaban J connectivity index is 4.60. The van der Waals surface area contributed by atoms with Gasteiger partial charge in [0.15, 0.2) is 0 Å². The van der Waals surface area contributed by atoms with Crippen LogP contribution in [0.3, 0.4) is 0 Å². The molecule has 0 radical (unpaired) electrons. The van der Waals surface area contributed by atoms with Crippen molar-refractivity contribution in [3.05, 3.63) is 0 Å². The van der Waals surface area contributed by atoms with Gasteiger partial charge in [0.05, 0.1) is 0 Å². The van der Waals surface area contributed by atoms with Gasteiger partial charge in [-0.1, -0.05) is 75.2 Å². The van der Waals surface area contributed by atoms with Gasteiger partial charge in [-0.05, 0) is 62.3 Å². The third kappa shape index (κ3) is 17.3. The maximum Gasteiger partial charge on any atom is 0.120 e. The summed E-state index contributed by atoms with van der Waals surface area (Å²) < 4.78 is 0. The molecule has 0 aliphatic carbocycles. The lowest BCUT2D eigenvalue weighted by molar-refractivity contribution is 0.0689. The first kappa shape index (κ1) is 31.8. The second-order valence-electron chi connectivity index (χ2n) is 11.5. The topological polar surface area (TPSA) is 77.4 Å². The molecule has 0 saturated heterocycles. The number of hydrogen-bond acceptors (Lipinski definition) is 6. The van der Waals surface area contributed by atoms with Crippen LogP contribution in [-0.4, -0.2) is 43.1 Å². The first-order valence-corrected chi connectivity index (χ1v) is 13.5. The highest BCUT2D eigenvalue weighted by Gasteiger charge is 2.23. The first-order chi connectivity index (χ1) is 14.9. The molecule has 0 heterocycles. The molecule has 6 nitrogen and oxygen atoms in total. The summed E-state index contributed by atoms with van der Waals surface area (Å²) in [6.45, 7) is 24.3. The Hall–Kier alpha value is -0.240. The summed E-state index contributed by atoms with van der Waals surface area (Å²) in [4.78, 5) is 0. The summed E-state index contributed by atoms with van der Waals surface area (Å²) in [5, 5.41) is 9.48. The lowest BCUT2D eigenvalue weighted by Gasteiger charge is -2.34. The van der Waals surface area contributed by atoms with Crippen LogP contribution in [-0.2, 0) is 0 Å². The lowest BCUT2D eigenvalue weighted by atomic mass is 9.97. The van der Waals surface area contributed by atoms with Crippen LogP contribution in [0.1, 0.15) is 114 Å². The van der Waals surface area contributed by atoms with Crippen molar-refractivity contribution in [2.75, 3.05) is 26.2 Å². The molecule has 0 aromatic heterocycles. The number of nitrogens with one attached hydrogen (secondary N) is 4. The monoisotopic (exact) mass is 456 g/mol. The molecule has 0 aromatic carbocycles. The Kier molecular flexibility index (Phi) is 17.1. The van der Waals surface area contributed by atoms with E-state index in [0.717, 1.165) is 64.7 Å². The Labute approximate surface area is 201 Å². The molecule has 2 atom stereocenters. The highest BCUT2D eigenvalue weighted by atomic mass is 15.7. The van der Waals surface area contributed by atoms with E-state index in [0.29, 0.717) is 17.9 Å². The molecule has 0 spiro atoms. The largest absolute Gasteiger partial charge is 0.301 e. The van der Waals surface area contributed by atoms with Crippen LogP contribution in [0.15, 0.2) is 0 Å². The maximum atomic E-state index is 6.77. The zero-order chi connectivity index (χ0) is 24.6. The molecular formula is C26H60N6. The van der Waals surface area contributed by atoms with Crippen molar-refractivity contribution < 1.29 is 0 Å². The van der Waals surface area contributed by atoms with Gasteiger partial charge < -0.3 is 5.73 Å². The van der Waals surface area contributed by atoms with E-state index < -0.39 is 5.79 Å². The van der Waals surface area contributed by atoms with Crippen molar-refractivity contribution in [1.29, 1.82) is 0 Å². The summed E-state index contributed by atoms with van der Waals surface area (Å²) in [7, 11) is 0. The number of unbranched alkanes of at least 4 members (excludes halogenated alkanes) is 2. The van der Waals surface area contributed by atoms with Crippen LogP contribution >= 0.6 is 0 Å². The van der Waals surface area contributed by atoms with Gasteiger partial charge >= 0.3 is 0 Å². The van der Waals surface area contributed by atoms with Crippen LogP contribution in [0.5, 0.6) is 0 Å². The molecule has 0 bridgehead atoms. The highest BCUT2D eigenvalue weighted by Crippen LogP contribution is 2.13. The zero-order valence-corrected chi connectivity index (χ0v) is 23.2. The fraction of sp³-hybridized carbons (Fsp3) is 1.00. The number of hydrogen-bond donors (Lipinski definition) is 5. The summed E-state index contributed by atoms with van der Waals surface area (Å²) >= 11 is 0. The standard InChI is InChI=1S/C26H60N6/c1-10-23(6)20-29-26(27,28-18-16-22(4)5)17-14-13-15-19-32(30-21-25(7,8)9)31-24(11-2)12-3/h22-24,28-31H,10-21,27H2,1-9H3. The summed E-state index contributed by atoms with van der Waals surface area (Å²) in [5.74, 6) is 0.870. The number of rotatable bonds is 20. The molecule has 2 unspecified atom stereocenters. The molecule has 0 rings (SSSR count). The van der Waals surface area contributed by atoms with E-state index in [1.807, 2.05) is 0 Å². The number of hydrazine groups is 2. The van der Waals surface area contributed by atoms with Crippen LogP contribution in [0.4, 0.5) is 0 Å². The van der Waals surface area contributed by atoms with E-state index in [1.54, 1.807) is 0 Å². The summed E-state index contributed by atoms with van der Waals surface area (Å²) in [6.07, 6.45) is 9.02. The average Bonchev–Trinajstić information content (AvgIpc) is 2.72. The zero-order valence-electron chi connectivity index (χ0n) is 23.2. The number of nitrogens with zero attached hydrogens (tertiary/aromatic N) is 1. The highest BCUT2D eigenvalue weighted by molar-refractivity contribution is 4.80. The molecule has 0 saturated carbocycles. The van der Waals surface area contributed by atoms with Gasteiger partial charge in [-0.15, -0.1) is 0 Å². The van der Waals surface area contributed by atoms with E-state index in [2.05, 4.69) is 88.9 Å². The first-order valence-electron chi connectivity index (χ1n) is 13.5. The molecule has 0 aliphatic heterocycles. The van der Waals surface area contributed by atoms with Crippen molar-refractivity contribution in [3.63, 3.8) is 0 Å². The van der Waals surface area contributed by atoms with E-state index >= 15 is 0 Å². The predicted octanol–water partition coefficient (Wildman–Crippen LogP) is 4.98. The molecule has 0 fully saturated rings. The average molecular weight is 457 g/mol. The minimum atomic E-state index is -0.462. The summed E-state index contributed by atoms with van der Waals surface area (Å²) in [5.41, 5.74) is 14.3. The SMILES string of the molecule is CCC(C)CNC(N)(CCCCCN(NCC(C)(C)C)NC(CC)CC)NCCC(C)C. The Bertz CT molecular complexity index is 433. The van der Waals surface area contributed by atoms with E-state index in [1.165, 1.54) is 12.8 Å². The molecule has 0 aliphatic rings. The Morgan fingerprint density at radius 2 is 1.53 bits per heavy atom. The van der Waals surface area contributed by atoms with Gasteiger partial charge in [-0.3, -0.25) is 10.6 Å². The fourth-order valence-corrected chi connectivity index (χ4v) is 3.39. The van der Waals surface area contributed by atoms with E-state index in [9.17, 15) is 0 Å². The van der Waals surface area contributed by atoms with Crippen LogP contribution in [0, 0.1) is 17.3 Å². The van der Waals surface area contributed by atoms with Crippen molar-refractivity contribution >= 4 is 0 Å². The van der Waals surface area contributed by atoms with Gasteiger partial charge in [0.25, 0.3) is 0 Å². The molecule has 0 aromatic rings. The summed E-state index contributed by atoms with van der Waals surface area (Å²) in [6, 6.07) is 0.522. The van der Waals surface area contributed by atoms with Crippen LogP contribution in [0.2, 0.25) is 0 Å². The van der Waals surface area contributed by atoms with Crippen LogP contribution in [0.25, 0.3) is 0 Å². The van der Waals surface area contributed by atoms with Gasteiger partial charge in [-0.2, -0.15) is 5.12 Å². The molecular weight excluding hydrogens is 396 g/mol. The molecule has 6 heteroatoms. The third-order valence-electron chi connectivity index (χ3n) is 6.20. The maximum absolute atomic E-state index is 6.77. The van der Waals surface area contributed by atoms with E-state index in [4.69, 9.17) is 5.73 Å². The third-order valence-corrected chi connectivity index (χ3v) is 6.20. The predicted molar refractivity (Wildman–Crippen MR) is 142 cm³/mol. The van der Waals surface area contributed by atoms with Crippen molar-refractivity contribution in [1.82, 2.24) is 26.6 Å². The van der Waals surface area contributed by atoms with Gasteiger partial charge in [0.2, 0.25) is 0 Å². The van der Waals surface area contributed by atoms with E-state index in [-0.39, 0.29) is 5.41 Å². The second kappa shape index (κ2) is 17.2. The Morgan fingerprint density at radius 1 is 0.875 bits per heavy atom. The van der Waals surface area contributed by atoms with Crippen molar-refractivity contribution in [3.8, 4) is 0 Å². The van der Waals surface area contributed by atoms with Crippen molar-refractivity contribution in [2.45, 2.75) is 126 Å². The molecule has 194 valence electrons. The minimum absolute atomic E-state index is 0.260. The van der Waals surface area contributed by atoms with Crippen LogP contribution < -0.4 is 27.2 Å². The van der Waals surface area contributed by atoms with Crippen molar-refractivity contribution in [2.24, 2.45) is 23.0 Å². The Morgan fingerprint density at radius 3 is 2.06 bits per heavy atom. The fourth-order valence-electron chi connectivity index (χ4n) is 3.39. The molecule has 32 heavy (non-hydrogen) atoms. The quantitative estimate of drug-likeness (QED) is 0.101. The lowest BCUT2D eigenvalue weighted by Crippen LogP contribution is -2.64. The van der Waals surface area contributed by atoms with Gasteiger partial charge in [0, 0.05) is 25.7 Å². The second-order valence-corrected chi connectivity index (χ2v) is 11.5. The molecule has 6 N–H and O–H groups in total. The number of nitrogens with two attached hydrogens (primary N) is 1. The minimum Gasteiger partial charge on any atom is -0.301 e. The smallest absolute Gasteiger partial charge is 0.120 e. The van der Waals surface area contributed by atoms with Gasteiger partial charge in [-0.25, -0.2) is 10.9 Å².